The third-order valence-electron chi connectivity index (χ3n) is 26.9. The molecule has 108 heavy (non-hydrogen) atoms. The predicted octanol–water partition coefficient (Wildman–Crippen LogP) is 30.2. The highest BCUT2D eigenvalue weighted by molar-refractivity contribution is 6.22. The van der Waals surface area contributed by atoms with Crippen LogP contribution >= 0.6 is 0 Å². The van der Waals surface area contributed by atoms with Gasteiger partial charge in [0.1, 0.15) is 22.3 Å². The molecule has 13 aromatic carbocycles. The monoisotopic (exact) mass is 1400 g/mol. The van der Waals surface area contributed by atoms with E-state index in [4.69, 9.17) is 8.83 Å². The number of hydrogen-bond donors (Lipinski definition) is 0. The van der Waals surface area contributed by atoms with Crippen molar-refractivity contribution in [1.82, 2.24) is 0 Å². The highest BCUT2D eigenvalue weighted by atomic mass is 16.3. The molecule has 0 N–H and O–H groups in total. The number of anilines is 3. The van der Waals surface area contributed by atoms with Gasteiger partial charge in [-0.2, -0.15) is 0 Å². The lowest BCUT2D eigenvalue weighted by Crippen LogP contribution is -2.25. The van der Waals surface area contributed by atoms with Crippen LogP contribution in [0.4, 0.5) is 17.1 Å². The minimum absolute atomic E-state index is 0.0282. The second-order valence-corrected chi connectivity index (χ2v) is 34.4. The van der Waals surface area contributed by atoms with Gasteiger partial charge < -0.3 is 13.7 Å². The van der Waals surface area contributed by atoms with Gasteiger partial charge in [0.25, 0.3) is 0 Å². The largest absolute Gasteiger partial charge is 0.455 e. The number of unbranched alkanes of at least 4 members (excludes halogenated alkanes) is 8. The maximum absolute atomic E-state index is 7.26. The second kappa shape index (κ2) is 24.6. The molecule has 3 heteroatoms. The quantitative estimate of drug-likeness (QED) is 0.0802. The van der Waals surface area contributed by atoms with Crippen LogP contribution < -0.4 is 4.90 Å². The molecule has 0 bridgehead atoms. The Morgan fingerprint density at radius 1 is 0.269 bits per heavy atom. The first kappa shape index (κ1) is 66.7. The summed E-state index contributed by atoms with van der Waals surface area (Å²) in [5.74, 6) is 0. The first-order chi connectivity index (χ1) is 52.5. The van der Waals surface area contributed by atoms with E-state index in [1.165, 1.54) is 216 Å². The van der Waals surface area contributed by atoms with Crippen LogP contribution in [0, 0.1) is 0 Å². The number of hydrogen-bond acceptors (Lipinski definition) is 3. The van der Waals surface area contributed by atoms with Gasteiger partial charge in [-0.3, -0.25) is 0 Å². The molecule has 0 unspecified atom stereocenters. The Hall–Kier alpha value is -10.7. The zero-order valence-electron chi connectivity index (χ0n) is 64.4. The van der Waals surface area contributed by atoms with Gasteiger partial charge in [-0.25, -0.2) is 0 Å². The Labute approximate surface area is 637 Å². The van der Waals surface area contributed by atoms with E-state index >= 15 is 0 Å². The number of rotatable bonds is 18. The normalized spacial score (nSPS) is 15.6. The fraction of sp³-hybridized carbons (Fsp3) is 0.257. The van der Waals surface area contributed by atoms with Crippen LogP contribution in [0.2, 0.25) is 0 Å². The lowest BCUT2D eigenvalue weighted by molar-refractivity contribution is 0.399. The van der Waals surface area contributed by atoms with E-state index in [0.717, 1.165) is 55.7 Å². The topological polar surface area (TPSA) is 29.5 Å². The molecule has 0 fully saturated rings. The SMILES string of the molecule is CCCCCCCC1(CCCCCCC)c2ccccc2-c2ccc(-c3ccc4c(c3)C(C)(C)c3cc(-c5cc6c(c7c5oc5ccccc57)-c5ccc(N(c7ccc(-c8ccccc8)cc7)c7ccc8c(c7)C(C)(C)c7c9c(c%10oc%11ccccc%11c%10c7-8)-c7ccccc7C9(C)C)cc5C6(C)C)ccc3-4)cc21. The third kappa shape index (κ3) is 9.64. The van der Waals surface area contributed by atoms with Crippen LogP contribution in [0.25, 0.3) is 133 Å². The van der Waals surface area contributed by atoms with Gasteiger partial charge >= 0.3 is 0 Å². The van der Waals surface area contributed by atoms with E-state index in [-0.39, 0.29) is 21.7 Å². The lowest BCUT2D eigenvalue weighted by Gasteiger charge is -2.33. The average Bonchev–Trinajstić information content (AvgIpc) is 1.50. The molecule has 20 rings (SSSR count). The van der Waals surface area contributed by atoms with E-state index in [0.29, 0.717) is 0 Å². The molecule has 0 atom stereocenters. The van der Waals surface area contributed by atoms with Crippen molar-refractivity contribution in [2.45, 2.75) is 173 Å². The van der Waals surface area contributed by atoms with Crippen molar-refractivity contribution in [3.8, 4) is 89.0 Å². The minimum atomic E-state index is -0.401. The molecule has 15 aromatic rings. The van der Waals surface area contributed by atoms with E-state index in [1.54, 1.807) is 11.1 Å². The summed E-state index contributed by atoms with van der Waals surface area (Å²) in [6, 6.07) is 95.3. The first-order valence-electron chi connectivity index (χ1n) is 40.4. The zero-order chi connectivity index (χ0) is 73.3. The molecule has 2 aromatic heterocycles. The Morgan fingerprint density at radius 3 is 1.32 bits per heavy atom. The molecule has 3 nitrogen and oxygen atoms in total. The van der Waals surface area contributed by atoms with Gasteiger partial charge in [0.05, 0.1) is 0 Å². The van der Waals surface area contributed by atoms with Crippen molar-refractivity contribution in [2.24, 2.45) is 0 Å². The molecule has 5 aliphatic carbocycles. The lowest BCUT2D eigenvalue weighted by atomic mass is 9.70. The molecule has 0 aliphatic heterocycles. The summed E-state index contributed by atoms with van der Waals surface area (Å²) in [5.41, 5.74) is 40.3. The molecule has 0 saturated carbocycles. The van der Waals surface area contributed by atoms with Crippen molar-refractivity contribution in [2.75, 3.05) is 4.90 Å². The smallest absolute Gasteiger partial charge is 0.144 e. The van der Waals surface area contributed by atoms with Gasteiger partial charge in [-0.1, -0.05) is 309 Å². The highest BCUT2D eigenvalue weighted by Gasteiger charge is 2.50. The summed E-state index contributed by atoms with van der Waals surface area (Å²) in [4.78, 5) is 2.52. The van der Waals surface area contributed by atoms with Crippen LogP contribution in [0.3, 0.4) is 0 Å². The van der Waals surface area contributed by atoms with Crippen molar-refractivity contribution in [3.63, 3.8) is 0 Å². The summed E-state index contributed by atoms with van der Waals surface area (Å²) < 4.78 is 14.4. The van der Waals surface area contributed by atoms with Crippen LogP contribution in [0.5, 0.6) is 0 Å². The van der Waals surface area contributed by atoms with Gasteiger partial charge in [-0.15, -0.1) is 0 Å². The first-order valence-corrected chi connectivity index (χ1v) is 40.4. The number of para-hydroxylation sites is 2. The van der Waals surface area contributed by atoms with E-state index < -0.39 is 5.41 Å². The Kier molecular flexibility index (Phi) is 15.2. The second-order valence-electron chi connectivity index (χ2n) is 34.4. The maximum Gasteiger partial charge on any atom is 0.144 e. The average molecular weight is 1400 g/mol. The summed E-state index contributed by atoms with van der Waals surface area (Å²) >= 11 is 0. The number of fused-ring (bicyclic) bond motifs is 25. The summed E-state index contributed by atoms with van der Waals surface area (Å²) in [5, 5.41) is 4.71. The Morgan fingerprint density at radius 2 is 0.685 bits per heavy atom. The zero-order valence-corrected chi connectivity index (χ0v) is 64.4. The standard InChI is InChI=1S/C105H95NO2/c1-11-13-15-17-30-56-105(57-31-18-16-14-12-2)83-39-27-22-34-72(83)75-52-45-67(59-88(75)105)66-44-51-73-74-53-46-68(60-85(74)101(3,4)84(73)58-66)81-63-89-92(94-79-36-24-28-40-90(79)107-99(81)94)77-54-49-70(61-86(77)102(89,5)6)106(69-47-42-65(43-48-69)64-32-20-19-21-33-64)71-50-55-78-87(62-71)104(9,10)97-93(78)95-80-37-25-29-41-91(80)108-100(95)96-76-35-23-26-38-82(76)103(7,8)98(96)97/h19-29,32-55,58-63H,11-18,30-31,56-57H2,1-10H3. The number of nitrogens with zero attached hydrogens (tertiary/aromatic N) is 1. The number of benzene rings is 13. The van der Waals surface area contributed by atoms with Gasteiger partial charge in [0.15, 0.2) is 0 Å². The minimum Gasteiger partial charge on any atom is -0.455 e. The van der Waals surface area contributed by atoms with Crippen molar-refractivity contribution in [1.29, 1.82) is 0 Å². The van der Waals surface area contributed by atoms with Crippen LogP contribution in [0.15, 0.2) is 258 Å². The predicted molar refractivity (Wildman–Crippen MR) is 455 cm³/mol. The molecule has 0 amide bonds. The molecular formula is C105H95NO2. The van der Waals surface area contributed by atoms with E-state index in [1.807, 2.05) is 0 Å². The van der Waals surface area contributed by atoms with E-state index in [9.17, 15) is 0 Å². The highest BCUT2D eigenvalue weighted by Crippen LogP contribution is 2.65. The van der Waals surface area contributed by atoms with Crippen molar-refractivity contribution in [3.05, 3.63) is 304 Å². The molecule has 0 radical (unpaired) electrons. The van der Waals surface area contributed by atoms with Crippen molar-refractivity contribution < 1.29 is 8.83 Å². The van der Waals surface area contributed by atoms with Gasteiger partial charge in [-0.05, 0) is 219 Å². The molecule has 0 saturated heterocycles. The third-order valence-corrected chi connectivity index (χ3v) is 26.9. The molecule has 5 aliphatic rings. The van der Waals surface area contributed by atoms with Crippen LogP contribution in [0.1, 0.15) is 202 Å². The maximum atomic E-state index is 7.26. The van der Waals surface area contributed by atoms with Crippen LogP contribution in [-0.2, 0) is 27.1 Å². The van der Waals surface area contributed by atoms with Crippen LogP contribution in [-0.4, -0.2) is 0 Å². The molecular weight excluding hydrogens is 1310 g/mol. The Balaban J connectivity index is 0.688. The molecule has 532 valence electrons. The fourth-order valence-corrected chi connectivity index (χ4v) is 21.4. The molecule has 0 spiro atoms. The van der Waals surface area contributed by atoms with E-state index in [2.05, 4.69) is 323 Å². The summed E-state index contributed by atoms with van der Waals surface area (Å²) in [6.45, 7) is 24.3. The van der Waals surface area contributed by atoms with Gasteiger partial charge in [0.2, 0.25) is 0 Å². The molecule has 2 heterocycles. The Bertz CT molecular complexity index is 6200. The summed E-state index contributed by atoms with van der Waals surface area (Å²) in [6.07, 6.45) is 15.4. The van der Waals surface area contributed by atoms with Crippen molar-refractivity contribution >= 4 is 60.9 Å². The summed E-state index contributed by atoms with van der Waals surface area (Å²) in [7, 11) is 0. The fourth-order valence-electron chi connectivity index (χ4n) is 21.4. The number of furan rings is 2. The van der Waals surface area contributed by atoms with Gasteiger partial charge in [0, 0.05) is 76.8 Å².